The monoisotopic (exact) mass is 589 g/mol. The minimum Gasteiger partial charge on any atom is -0.506 e. The number of phenols is 1. The van der Waals surface area contributed by atoms with Crippen LogP contribution in [0.1, 0.15) is 10.4 Å². The van der Waals surface area contributed by atoms with Gasteiger partial charge in [0.1, 0.15) is 25.8 Å². The Hall–Kier alpha value is -1.26. The van der Waals surface area contributed by atoms with Crippen LogP contribution in [0.4, 0.5) is 0 Å². The van der Waals surface area contributed by atoms with E-state index in [0.717, 1.165) is 18.3 Å². The first-order valence-corrected chi connectivity index (χ1v) is 11.1. The third-order valence-corrected chi connectivity index (χ3v) is 8.67. The van der Waals surface area contributed by atoms with Crippen LogP contribution in [0.3, 0.4) is 0 Å². The summed E-state index contributed by atoms with van der Waals surface area (Å²) in [7, 11) is 0.915. The van der Waals surface area contributed by atoms with Gasteiger partial charge in [0.25, 0.3) is 0 Å². The molecule has 3 aromatic carbocycles. The van der Waals surface area contributed by atoms with Crippen LogP contribution in [0.2, 0.25) is 0 Å². The third kappa shape index (κ3) is 3.86. The molecule has 0 saturated heterocycles. The Kier molecular flexibility index (Phi) is 6.46. The lowest BCUT2D eigenvalue weighted by Crippen LogP contribution is -2.11. The highest BCUT2D eigenvalue weighted by molar-refractivity contribution is 14.1. The second-order valence-corrected chi connectivity index (χ2v) is 9.53. The van der Waals surface area contributed by atoms with E-state index in [0.29, 0.717) is 3.57 Å². The number of rotatable bonds is 4. The minimum absolute atomic E-state index is 0.0303. The summed E-state index contributed by atoms with van der Waals surface area (Å²) in [5.41, 5.74) is 0.190. The maximum atomic E-state index is 12.0. The van der Waals surface area contributed by atoms with Gasteiger partial charge in [-0.1, -0.05) is 36.4 Å². The van der Waals surface area contributed by atoms with E-state index >= 15 is 0 Å². The molecule has 0 heterocycles. The van der Waals surface area contributed by atoms with Crippen LogP contribution in [0.15, 0.2) is 81.4 Å². The maximum absolute atomic E-state index is 12.0. The average molecular weight is 589 g/mol. The van der Waals surface area contributed by atoms with E-state index in [1.807, 2.05) is 36.4 Å². The number of methoxy groups -OCH3 is 1. The number of aromatic hydroxyl groups is 1. The van der Waals surface area contributed by atoms with Crippen molar-refractivity contribution >= 4 is 62.0 Å². The molecule has 0 spiro atoms. The Morgan fingerprint density at radius 3 is 1.92 bits per heavy atom. The second kappa shape index (κ2) is 8.62. The Labute approximate surface area is 182 Å². The first-order chi connectivity index (χ1) is 12.5. The summed E-state index contributed by atoms with van der Waals surface area (Å²) in [6.07, 6.45) is 0. The standard InChI is InChI=1S/C20H14I2O3S/c1-25-20(24)15-12-16(21)19(17(22)18(15)23)26(13-8-4-2-5-9-13)14-10-6-3-7-11-14/h2-12H,1H3/p+1. The van der Waals surface area contributed by atoms with Gasteiger partial charge < -0.3 is 9.84 Å². The van der Waals surface area contributed by atoms with Gasteiger partial charge in [0.05, 0.1) is 10.7 Å². The van der Waals surface area contributed by atoms with Crippen LogP contribution >= 0.6 is 45.2 Å². The van der Waals surface area contributed by atoms with Gasteiger partial charge in [-0.15, -0.1) is 0 Å². The molecule has 1 N–H and O–H groups in total. The molecule has 3 nitrogen and oxygen atoms in total. The lowest BCUT2D eigenvalue weighted by atomic mass is 10.2. The predicted molar refractivity (Wildman–Crippen MR) is 120 cm³/mol. The van der Waals surface area contributed by atoms with E-state index in [1.54, 1.807) is 6.07 Å². The summed E-state index contributed by atoms with van der Waals surface area (Å²) < 4.78 is 6.38. The molecule has 0 saturated carbocycles. The second-order valence-electron chi connectivity index (χ2n) is 5.32. The summed E-state index contributed by atoms with van der Waals surface area (Å²) in [6.45, 7) is 0. The molecule has 3 rings (SSSR count). The summed E-state index contributed by atoms with van der Waals surface area (Å²) in [5.74, 6) is -0.568. The molecule has 0 aliphatic heterocycles. The van der Waals surface area contributed by atoms with Crippen molar-refractivity contribution in [2.24, 2.45) is 0 Å². The molecule has 0 unspecified atom stereocenters. The number of ether oxygens (including phenoxy) is 1. The number of esters is 1. The molecule has 0 aliphatic rings. The van der Waals surface area contributed by atoms with Crippen LogP contribution in [-0.4, -0.2) is 18.2 Å². The lowest BCUT2D eigenvalue weighted by molar-refractivity contribution is 0.0597. The van der Waals surface area contributed by atoms with Crippen molar-refractivity contribution in [1.29, 1.82) is 0 Å². The van der Waals surface area contributed by atoms with Crippen LogP contribution in [0.25, 0.3) is 0 Å². The van der Waals surface area contributed by atoms with Crippen molar-refractivity contribution in [3.05, 3.63) is 79.4 Å². The SMILES string of the molecule is COC(=O)c1cc(I)c([S+](c2ccccc2)c2ccccc2)c(I)c1O. The van der Waals surface area contributed by atoms with Gasteiger partial charge in [-0.2, -0.15) is 0 Å². The van der Waals surface area contributed by atoms with Gasteiger partial charge in [0.2, 0.25) is 0 Å². The van der Waals surface area contributed by atoms with Gasteiger partial charge in [-0.05, 0) is 75.5 Å². The Balaban J connectivity index is 2.26. The Morgan fingerprint density at radius 2 is 1.46 bits per heavy atom. The molecule has 0 bridgehead atoms. The Bertz CT molecular complexity index is 891. The summed E-state index contributed by atoms with van der Waals surface area (Å²) >= 11 is 4.35. The van der Waals surface area contributed by atoms with Crippen LogP contribution in [0, 0.1) is 7.14 Å². The van der Waals surface area contributed by atoms with E-state index < -0.39 is 16.9 Å². The summed E-state index contributed by atoms with van der Waals surface area (Å²) in [4.78, 5) is 15.3. The normalized spacial score (nSPS) is 10.8. The first kappa shape index (κ1) is 19.5. The molecular formula is C20H15I2O3S+. The number of carbonyl (C=O) groups is 1. The number of phenolic OH excluding ortho intramolecular Hbond substituents is 1. The van der Waals surface area contributed by atoms with Crippen molar-refractivity contribution in [2.45, 2.75) is 14.7 Å². The van der Waals surface area contributed by atoms with Gasteiger partial charge in [0, 0.05) is 0 Å². The molecule has 0 atom stereocenters. The zero-order chi connectivity index (χ0) is 18.7. The highest BCUT2D eigenvalue weighted by Crippen LogP contribution is 2.41. The fraction of sp³-hybridized carbons (Fsp3) is 0.0500. The molecule has 0 radical (unpaired) electrons. The van der Waals surface area contributed by atoms with Gasteiger partial charge >= 0.3 is 5.97 Å². The van der Waals surface area contributed by atoms with Crippen molar-refractivity contribution in [3.8, 4) is 5.75 Å². The quantitative estimate of drug-likeness (QED) is 0.249. The number of halogens is 2. The fourth-order valence-corrected chi connectivity index (χ4v) is 7.66. The molecule has 6 heteroatoms. The van der Waals surface area contributed by atoms with Gasteiger partial charge in [-0.3, -0.25) is 0 Å². The zero-order valence-corrected chi connectivity index (χ0v) is 18.9. The first-order valence-electron chi connectivity index (χ1n) is 7.68. The highest BCUT2D eigenvalue weighted by atomic mass is 127. The molecule has 0 aliphatic carbocycles. The van der Waals surface area contributed by atoms with Crippen LogP contribution in [0.5, 0.6) is 5.75 Å². The van der Waals surface area contributed by atoms with Crippen molar-refractivity contribution < 1.29 is 14.6 Å². The maximum Gasteiger partial charge on any atom is 0.341 e. The molecule has 3 aromatic rings. The smallest absolute Gasteiger partial charge is 0.341 e. The average Bonchev–Trinajstić information content (AvgIpc) is 2.68. The Morgan fingerprint density at radius 1 is 0.962 bits per heavy atom. The van der Waals surface area contributed by atoms with E-state index in [2.05, 4.69) is 69.4 Å². The molecule has 26 heavy (non-hydrogen) atoms. The van der Waals surface area contributed by atoms with Crippen LogP contribution < -0.4 is 0 Å². The van der Waals surface area contributed by atoms with Gasteiger partial charge in [-0.25, -0.2) is 4.79 Å². The van der Waals surface area contributed by atoms with Crippen molar-refractivity contribution in [1.82, 2.24) is 0 Å². The molecular weight excluding hydrogens is 574 g/mol. The third-order valence-electron chi connectivity index (χ3n) is 3.72. The highest BCUT2D eigenvalue weighted by Gasteiger charge is 2.36. The number of hydrogen-bond acceptors (Lipinski definition) is 3. The van der Waals surface area contributed by atoms with Gasteiger partial charge in [0.15, 0.2) is 14.7 Å². The fourth-order valence-electron chi connectivity index (χ4n) is 2.53. The van der Waals surface area contributed by atoms with E-state index in [4.69, 9.17) is 4.74 Å². The number of benzene rings is 3. The lowest BCUT2D eigenvalue weighted by Gasteiger charge is -2.14. The largest absolute Gasteiger partial charge is 0.506 e. The molecule has 0 fully saturated rings. The minimum atomic E-state index is -0.538. The van der Waals surface area contributed by atoms with E-state index in [1.165, 1.54) is 7.11 Å². The number of carbonyl (C=O) groups excluding carboxylic acids is 1. The van der Waals surface area contributed by atoms with E-state index in [-0.39, 0.29) is 11.3 Å². The van der Waals surface area contributed by atoms with Crippen molar-refractivity contribution in [3.63, 3.8) is 0 Å². The molecule has 0 amide bonds. The zero-order valence-electron chi connectivity index (χ0n) is 13.8. The van der Waals surface area contributed by atoms with Crippen LogP contribution in [-0.2, 0) is 15.6 Å². The molecule has 132 valence electrons. The topological polar surface area (TPSA) is 46.5 Å². The molecule has 0 aromatic heterocycles. The summed E-state index contributed by atoms with van der Waals surface area (Å²) in [6, 6.07) is 22.1. The number of hydrogen-bond donors (Lipinski definition) is 1. The summed E-state index contributed by atoms with van der Waals surface area (Å²) in [5, 5.41) is 10.6. The van der Waals surface area contributed by atoms with Crippen molar-refractivity contribution in [2.75, 3.05) is 7.11 Å². The van der Waals surface area contributed by atoms with E-state index in [9.17, 15) is 9.90 Å². The predicted octanol–water partition coefficient (Wildman–Crippen LogP) is 5.48.